The van der Waals surface area contributed by atoms with Crippen molar-refractivity contribution in [2.24, 2.45) is 0 Å². The molecule has 2 heteroatoms. The second-order valence-electron chi connectivity index (χ2n) is 6.55. The van der Waals surface area contributed by atoms with E-state index in [-0.39, 0.29) is 24.4 Å². The van der Waals surface area contributed by atoms with Gasteiger partial charge in [0.15, 0.2) is 11.6 Å². The first-order chi connectivity index (χ1) is 11.7. The minimum Gasteiger partial charge on any atom is -0.294 e. The highest BCUT2D eigenvalue weighted by Gasteiger charge is 2.15. The summed E-state index contributed by atoms with van der Waals surface area (Å²) in [5.74, 6) is 0.143. The van der Waals surface area contributed by atoms with Crippen molar-refractivity contribution in [2.45, 2.75) is 51.9 Å². The Morgan fingerprint density at radius 1 is 0.875 bits per heavy atom. The van der Waals surface area contributed by atoms with E-state index in [2.05, 4.69) is 6.07 Å². The fraction of sp³-hybridized carbons (Fsp3) is 0.364. The van der Waals surface area contributed by atoms with Gasteiger partial charge in [0.05, 0.1) is 0 Å². The van der Waals surface area contributed by atoms with Crippen molar-refractivity contribution < 1.29 is 9.59 Å². The van der Waals surface area contributed by atoms with Gasteiger partial charge in [0.25, 0.3) is 0 Å². The van der Waals surface area contributed by atoms with Crippen molar-refractivity contribution in [3.63, 3.8) is 0 Å². The second-order valence-corrected chi connectivity index (χ2v) is 6.55. The molecule has 0 fully saturated rings. The van der Waals surface area contributed by atoms with Gasteiger partial charge in [0.2, 0.25) is 0 Å². The van der Waals surface area contributed by atoms with E-state index in [1.54, 1.807) is 0 Å². The van der Waals surface area contributed by atoms with E-state index in [9.17, 15) is 9.59 Å². The maximum Gasteiger partial charge on any atom is 0.163 e. The average molecular weight is 320 g/mol. The lowest BCUT2D eigenvalue weighted by molar-refractivity contribution is 0.0917. The van der Waals surface area contributed by atoms with E-state index >= 15 is 0 Å². The van der Waals surface area contributed by atoms with E-state index in [0.717, 1.165) is 36.0 Å². The van der Waals surface area contributed by atoms with Crippen LogP contribution in [0.2, 0.25) is 0 Å². The number of hydrogen-bond donors (Lipinski definition) is 0. The minimum atomic E-state index is 0.0683. The lowest BCUT2D eigenvalue weighted by Crippen LogP contribution is -2.09. The monoisotopic (exact) mass is 320 g/mol. The maximum absolute atomic E-state index is 12.5. The summed E-state index contributed by atoms with van der Waals surface area (Å²) in [6.45, 7) is 2.05. The molecule has 0 aliphatic heterocycles. The molecule has 0 saturated heterocycles. The molecule has 2 aromatic rings. The predicted molar refractivity (Wildman–Crippen MR) is 96.8 cm³/mol. The zero-order valence-electron chi connectivity index (χ0n) is 14.3. The molecule has 0 unspecified atom stereocenters. The molecule has 0 aromatic heterocycles. The van der Waals surface area contributed by atoms with Gasteiger partial charge < -0.3 is 0 Å². The first kappa shape index (κ1) is 16.6. The van der Waals surface area contributed by atoms with Crippen LogP contribution in [0.3, 0.4) is 0 Å². The fourth-order valence-corrected chi connectivity index (χ4v) is 3.51. The van der Waals surface area contributed by atoms with Crippen molar-refractivity contribution in [1.29, 1.82) is 0 Å². The molecule has 2 nitrogen and oxygen atoms in total. The Labute approximate surface area is 143 Å². The van der Waals surface area contributed by atoms with Crippen LogP contribution in [0, 0.1) is 0 Å². The number of rotatable bonds is 6. The molecule has 0 amide bonds. The summed E-state index contributed by atoms with van der Waals surface area (Å²) >= 11 is 0. The molecule has 0 atom stereocenters. The van der Waals surface area contributed by atoms with Gasteiger partial charge in [-0.05, 0) is 54.9 Å². The number of aryl methyl sites for hydroxylation is 3. The Hall–Kier alpha value is -2.22. The lowest BCUT2D eigenvalue weighted by atomic mass is 9.89. The van der Waals surface area contributed by atoms with E-state index in [0.29, 0.717) is 0 Å². The van der Waals surface area contributed by atoms with Crippen LogP contribution in [-0.4, -0.2) is 11.6 Å². The normalized spacial score (nSPS) is 13.4. The number of carbonyl (C=O) groups is 2. The summed E-state index contributed by atoms with van der Waals surface area (Å²) in [6, 6.07) is 13.8. The summed E-state index contributed by atoms with van der Waals surface area (Å²) < 4.78 is 0. The van der Waals surface area contributed by atoms with Crippen LogP contribution in [0.4, 0.5) is 0 Å². The topological polar surface area (TPSA) is 34.1 Å². The highest BCUT2D eigenvalue weighted by molar-refractivity contribution is 6.02. The van der Waals surface area contributed by atoms with Crippen LogP contribution in [0.25, 0.3) is 0 Å². The zero-order chi connectivity index (χ0) is 16.9. The maximum atomic E-state index is 12.5. The molecular formula is C22H24O2. The van der Waals surface area contributed by atoms with Gasteiger partial charge in [0, 0.05) is 24.0 Å². The quantitative estimate of drug-likeness (QED) is 0.704. The fourth-order valence-electron chi connectivity index (χ4n) is 3.51. The van der Waals surface area contributed by atoms with Crippen molar-refractivity contribution in [2.75, 3.05) is 0 Å². The Morgan fingerprint density at radius 2 is 1.58 bits per heavy atom. The van der Waals surface area contributed by atoms with E-state index in [1.807, 2.05) is 43.3 Å². The Morgan fingerprint density at radius 3 is 2.38 bits per heavy atom. The van der Waals surface area contributed by atoms with Crippen LogP contribution >= 0.6 is 0 Å². The number of Topliss-reactive ketones (excluding diaryl/α,β-unsaturated/α-hetero) is 2. The summed E-state index contributed by atoms with van der Waals surface area (Å²) in [5.41, 5.74) is 5.27. The third kappa shape index (κ3) is 3.64. The van der Waals surface area contributed by atoms with E-state index < -0.39 is 0 Å². The molecule has 1 aliphatic carbocycles. The number of carbonyl (C=O) groups excluding carboxylic acids is 2. The Bertz CT molecular complexity index is 758. The van der Waals surface area contributed by atoms with Crippen LogP contribution in [0.15, 0.2) is 42.5 Å². The SMILES string of the molecule is CCc1ccccc1C(=O)CCC(=O)c1ccc2c(c1)CCCC2. The molecule has 0 saturated carbocycles. The van der Waals surface area contributed by atoms with Crippen molar-refractivity contribution >= 4 is 11.6 Å². The van der Waals surface area contributed by atoms with Gasteiger partial charge in [-0.25, -0.2) is 0 Å². The third-order valence-electron chi connectivity index (χ3n) is 4.95. The second kappa shape index (κ2) is 7.57. The molecule has 1 aliphatic rings. The highest BCUT2D eigenvalue weighted by Crippen LogP contribution is 2.23. The number of hydrogen-bond acceptors (Lipinski definition) is 2. The molecule has 24 heavy (non-hydrogen) atoms. The highest BCUT2D eigenvalue weighted by atomic mass is 16.1. The van der Waals surface area contributed by atoms with Crippen molar-refractivity contribution in [1.82, 2.24) is 0 Å². The lowest BCUT2D eigenvalue weighted by Gasteiger charge is -2.16. The van der Waals surface area contributed by atoms with Gasteiger partial charge in [0.1, 0.15) is 0 Å². The summed E-state index contributed by atoms with van der Waals surface area (Å²) in [6.07, 6.45) is 6.04. The van der Waals surface area contributed by atoms with Gasteiger partial charge >= 0.3 is 0 Å². The van der Waals surface area contributed by atoms with Gasteiger partial charge in [-0.3, -0.25) is 9.59 Å². The smallest absolute Gasteiger partial charge is 0.163 e. The molecular weight excluding hydrogens is 296 g/mol. The molecule has 2 aromatic carbocycles. The van der Waals surface area contributed by atoms with E-state index in [4.69, 9.17) is 0 Å². The Balaban J connectivity index is 1.66. The molecule has 0 radical (unpaired) electrons. The molecule has 0 N–H and O–H groups in total. The minimum absolute atomic E-state index is 0.0683. The van der Waals surface area contributed by atoms with Crippen molar-refractivity contribution in [3.8, 4) is 0 Å². The van der Waals surface area contributed by atoms with Crippen molar-refractivity contribution in [3.05, 3.63) is 70.3 Å². The molecule has 0 spiro atoms. The van der Waals surface area contributed by atoms with Crippen LogP contribution in [-0.2, 0) is 19.3 Å². The zero-order valence-corrected chi connectivity index (χ0v) is 14.3. The third-order valence-corrected chi connectivity index (χ3v) is 4.95. The van der Waals surface area contributed by atoms with E-state index in [1.165, 1.54) is 24.0 Å². The first-order valence-electron chi connectivity index (χ1n) is 8.95. The predicted octanol–water partition coefficient (Wildman–Crippen LogP) is 4.97. The van der Waals surface area contributed by atoms with Gasteiger partial charge in [-0.1, -0.05) is 43.3 Å². The van der Waals surface area contributed by atoms with Crippen LogP contribution in [0.1, 0.15) is 70.0 Å². The average Bonchev–Trinajstić information content (AvgIpc) is 2.65. The molecule has 0 heterocycles. The van der Waals surface area contributed by atoms with Gasteiger partial charge in [-0.15, -0.1) is 0 Å². The molecule has 0 bridgehead atoms. The molecule has 3 rings (SSSR count). The van der Waals surface area contributed by atoms with Gasteiger partial charge in [-0.2, -0.15) is 0 Å². The summed E-state index contributed by atoms with van der Waals surface area (Å²) in [5, 5.41) is 0. The summed E-state index contributed by atoms with van der Waals surface area (Å²) in [4.78, 5) is 24.9. The first-order valence-corrected chi connectivity index (χ1v) is 8.95. The van der Waals surface area contributed by atoms with Crippen LogP contribution < -0.4 is 0 Å². The largest absolute Gasteiger partial charge is 0.294 e. The molecule has 124 valence electrons. The summed E-state index contributed by atoms with van der Waals surface area (Å²) in [7, 11) is 0. The standard InChI is InChI=1S/C22H24O2/c1-2-16-7-5-6-10-20(16)22(24)14-13-21(23)19-12-11-17-8-3-4-9-18(17)15-19/h5-7,10-12,15H,2-4,8-9,13-14H2,1H3. The number of ketones is 2. The van der Waals surface area contributed by atoms with Crippen LogP contribution in [0.5, 0.6) is 0 Å². The number of benzene rings is 2. The Kier molecular flexibility index (Phi) is 5.24. The number of fused-ring (bicyclic) bond motifs is 1.